The second-order valence-electron chi connectivity index (χ2n) is 6.60. The number of ether oxygens (including phenoxy) is 1. The monoisotopic (exact) mass is 374 g/mol. The van der Waals surface area contributed by atoms with Gasteiger partial charge in [0, 0.05) is 31.6 Å². The Bertz CT molecular complexity index is 1030. The largest absolute Gasteiger partial charge is 0.496 e. The van der Waals surface area contributed by atoms with Crippen LogP contribution in [0.5, 0.6) is 5.75 Å². The molecule has 3 aromatic rings. The molecular formula is C22H22N4O2. The number of para-hydroxylation sites is 2. The predicted molar refractivity (Wildman–Crippen MR) is 111 cm³/mol. The van der Waals surface area contributed by atoms with Gasteiger partial charge in [0.05, 0.1) is 18.2 Å². The van der Waals surface area contributed by atoms with Crippen molar-refractivity contribution in [3.05, 3.63) is 61.2 Å². The van der Waals surface area contributed by atoms with Gasteiger partial charge in [-0.05, 0) is 30.3 Å². The van der Waals surface area contributed by atoms with Gasteiger partial charge in [-0.3, -0.25) is 4.79 Å². The van der Waals surface area contributed by atoms with Crippen LogP contribution in [0.3, 0.4) is 0 Å². The van der Waals surface area contributed by atoms with Gasteiger partial charge in [-0.2, -0.15) is 0 Å². The Morgan fingerprint density at radius 1 is 1.04 bits per heavy atom. The number of carbonyl (C=O) groups excluding carboxylic acids is 1. The molecule has 6 nitrogen and oxygen atoms in total. The van der Waals surface area contributed by atoms with Crippen molar-refractivity contribution < 1.29 is 9.53 Å². The van der Waals surface area contributed by atoms with E-state index in [1.807, 2.05) is 53.4 Å². The third kappa shape index (κ3) is 3.29. The molecular weight excluding hydrogens is 352 g/mol. The Balaban J connectivity index is 1.76. The van der Waals surface area contributed by atoms with Gasteiger partial charge in [0.15, 0.2) is 5.82 Å². The van der Waals surface area contributed by atoms with E-state index in [4.69, 9.17) is 14.7 Å². The number of fused-ring (bicyclic) bond motifs is 1. The third-order valence-electron chi connectivity index (χ3n) is 5.00. The summed E-state index contributed by atoms with van der Waals surface area (Å²) in [5.74, 6) is 2.24. The highest BCUT2D eigenvalue weighted by molar-refractivity contribution is 5.92. The van der Waals surface area contributed by atoms with Crippen LogP contribution in [0.15, 0.2) is 61.2 Å². The SMILES string of the molecule is C=CC(=O)N1CCN(c2nc(-c3ccccc3OC)nc3ccccc23)CC1. The standard InChI is InChI=1S/C22H22N4O2/c1-3-20(27)25-12-14-26(15-13-25)22-16-8-4-6-10-18(16)23-21(24-22)17-9-5-7-11-19(17)28-2/h3-11H,1,12-15H2,2H3. The summed E-state index contributed by atoms with van der Waals surface area (Å²) in [5, 5.41) is 1.00. The number of piperazine rings is 1. The number of carbonyl (C=O) groups is 1. The molecule has 0 aliphatic carbocycles. The van der Waals surface area contributed by atoms with E-state index in [1.165, 1.54) is 6.08 Å². The second kappa shape index (κ2) is 7.68. The molecule has 1 saturated heterocycles. The van der Waals surface area contributed by atoms with E-state index < -0.39 is 0 Å². The molecule has 0 saturated carbocycles. The highest BCUT2D eigenvalue weighted by Crippen LogP contribution is 2.32. The zero-order valence-electron chi connectivity index (χ0n) is 15.8. The molecule has 0 unspecified atom stereocenters. The Morgan fingerprint density at radius 3 is 2.50 bits per heavy atom. The lowest BCUT2D eigenvalue weighted by molar-refractivity contribution is -0.126. The van der Waals surface area contributed by atoms with Crippen molar-refractivity contribution in [3.8, 4) is 17.1 Å². The maximum absolute atomic E-state index is 11.9. The number of benzene rings is 2. The van der Waals surface area contributed by atoms with Gasteiger partial charge in [0.25, 0.3) is 0 Å². The summed E-state index contributed by atoms with van der Waals surface area (Å²) in [5.41, 5.74) is 1.75. The molecule has 1 fully saturated rings. The number of rotatable bonds is 4. The number of aromatic nitrogens is 2. The molecule has 1 aliphatic rings. The van der Waals surface area contributed by atoms with E-state index in [1.54, 1.807) is 7.11 Å². The fourth-order valence-corrected chi connectivity index (χ4v) is 3.52. The van der Waals surface area contributed by atoms with Crippen LogP contribution in [0.25, 0.3) is 22.3 Å². The molecule has 4 rings (SSSR count). The molecule has 2 aromatic carbocycles. The van der Waals surface area contributed by atoms with Crippen LogP contribution < -0.4 is 9.64 Å². The fourth-order valence-electron chi connectivity index (χ4n) is 3.52. The molecule has 1 aromatic heterocycles. The van der Waals surface area contributed by atoms with Crippen molar-refractivity contribution >= 4 is 22.6 Å². The van der Waals surface area contributed by atoms with Crippen LogP contribution in [0.4, 0.5) is 5.82 Å². The van der Waals surface area contributed by atoms with Crippen LogP contribution in [0, 0.1) is 0 Å². The minimum absolute atomic E-state index is 0.0260. The average molecular weight is 374 g/mol. The second-order valence-corrected chi connectivity index (χ2v) is 6.60. The van der Waals surface area contributed by atoms with E-state index in [0.717, 1.165) is 28.0 Å². The zero-order chi connectivity index (χ0) is 19.5. The summed E-state index contributed by atoms with van der Waals surface area (Å²) in [4.78, 5) is 25.6. The number of hydrogen-bond acceptors (Lipinski definition) is 5. The lowest BCUT2D eigenvalue weighted by Gasteiger charge is -2.35. The van der Waals surface area contributed by atoms with E-state index in [0.29, 0.717) is 32.0 Å². The predicted octanol–water partition coefficient (Wildman–Crippen LogP) is 3.14. The molecule has 1 aliphatic heterocycles. The Labute approximate surface area is 164 Å². The topological polar surface area (TPSA) is 58.6 Å². The Hall–Kier alpha value is -3.41. The first-order valence-corrected chi connectivity index (χ1v) is 9.27. The van der Waals surface area contributed by atoms with Crippen LogP contribution in [-0.4, -0.2) is 54.1 Å². The minimum Gasteiger partial charge on any atom is -0.496 e. The fraction of sp³-hybridized carbons (Fsp3) is 0.227. The smallest absolute Gasteiger partial charge is 0.246 e. The molecule has 2 heterocycles. The average Bonchev–Trinajstić information content (AvgIpc) is 2.77. The molecule has 0 atom stereocenters. The minimum atomic E-state index is -0.0260. The van der Waals surface area contributed by atoms with Gasteiger partial charge in [-0.15, -0.1) is 0 Å². The molecule has 0 radical (unpaired) electrons. The van der Waals surface area contributed by atoms with E-state index in [-0.39, 0.29) is 5.91 Å². The van der Waals surface area contributed by atoms with Crippen molar-refractivity contribution in [1.82, 2.24) is 14.9 Å². The maximum Gasteiger partial charge on any atom is 0.246 e. The molecule has 28 heavy (non-hydrogen) atoms. The molecule has 142 valence electrons. The van der Waals surface area contributed by atoms with Crippen LogP contribution >= 0.6 is 0 Å². The van der Waals surface area contributed by atoms with Gasteiger partial charge in [-0.25, -0.2) is 9.97 Å². The third-order valence-corrected chi connectivity index (χ3v) is 5.00. The molecule has 0 spiro atoms. The zero-order valence-corrected chi connectivity index (χ0v) is 15.8. The molecule has 1 amide bonds. The van der Waals surface area contributed by atoms with Gasteiger partial charge >= 0.3 is 0 Å². The first-order chi connectivity index (χ1) is 13.7. The summed E-state index contributed by atoms with van der Waals surface area (Å²) in [6, 6.07) is 15.8. The number of anilines is 1. The van der Waals surface area contributed by atoms with Crippen molar-refractivity contribution in [2.45, 2.75) is 0 Å². The van der Waals surface area contributed by atoms with E-state index >= 15 is 0 Å². The number of hydrogen-bond donors (Lipinski definition) is 0. The lowest BCUT2D eigenvalue weighted by Crippen LogP contribution is -2.48. The first kappa shape index (κ1) is 18.0. The van der Waals surface area contributed by atoms with E-state index in [9.17, 15) is 4.79 Å². The number of amides is 1. The summed E-state index contributed by atoms with van der Waals surface area (Å²) < 4.78 is 5.50. The number of nitrogens with zero attached hydrogens (tertiary/aromatic N) is 4. The van der Waals surface area contributed by atoms with Gasteiger partial charge in [0.2, 0.25) is 5.91 Å². The van der Waals surface area contributed by atoms with Crippen LogP contribution in [0.1, 0.15) is 0 Å². The van der Waals surface area contributed by atoms with Gasteiger partial charge in [0.1, 0.15) is 11.6 Å². The van der Waals surface area contributed by atoms with Gasteiger partial charge < -0.3 is 14.5 Å². The summed E-state index contributed by atoms with van der Waals surface area (Å²) in [7, 11) is 1.65. The first-order valence-electron chi connectivity index (χ1n) is 9.27. The summed E-state index contributed by atoms with van der Waals surface area (Å²) in [6.45, 7) is 6.30. The molecule has 6 heteroatoms. The van der Waals surface area contributed by atoms with Gasteiger partial charge in [-0.1, -0.05) is 30.8 Å². The Kier molecular flexibility index (Phi) is 4.93. The van der Waals surface area contributed by atoms with Crippen molar-refractivity contribution in [2.24, 2.45) is 0 Å². The van der Waals surface area contributed by atoms with Crippen LogP contribution in [0.2, 0.25) is 0 Å². The molecule has 0 N–H and O–H groups in total. The maximum atomic E-state index is 11.9. The number of methoxy groups -OCH3 is 1. The Morgan fingerprint density at radius 2 is 1.75 bits per heavy atom. The van der Waals surface area contributed by atoms with Crippen LogP contribution in [-0.2, 0) is 4.79 Å². The van der Waals surface area contributed by atoms with Crippen molar-refractivity contribution in [3.63, 3.8) is 0 Å². The highest BCUT2D eigenvalue weighted by Gasteiger charge is 2.23. The summed E-state index contributed by atoms with van der Waals surface area (Å²) >= 11 is 0. The van der Waals surface area contributed by atoms with E-state index in [2.05, 4.69) is 11.5 Å². The normalized spacial score (nSPS) is 14.2. The quantitative estimate of drug-likeness (QED) is 0.657. The summed E-state index contributed by atoms with van der Waals surface area (Å²) in [6.07, 6.45) is 1.37. The lowest BCUT2D eigenvalue weighted by atomic mass is 10.1. The van der Waals surface area contributed by atoms with Crippen molar-refractivity contribution in [2.75, 3.05) is 38.2 Å². The molecule has 0 bridgehead atoms. The highest BCUT2D eigenvalue weighted by atomic mass is 16.5. The van der Waals surface area contributed by atoms with Crippen molar-refractivity contribution in [1.29, 1.82) is 0 Å².